The van der Waals surface area contributed by atoms with Crippen molar-refractivity contribution in [2.45, 2.75) is 43.4 Å². The summed E-state index contributed by atoms with van der Waals surface area (Å²) in [6.45, 7) is 7.93. The van der Waals surface area contributed by atoms with Crippen molar-refractivity contribution in [3.05, 3.63) is 53.1 Å². The van der Waals surface area contributed by atoms with E-state index >= 15 is 0 Å². The highest BCUT2D eigenvalue weighted by Crippen LogP contribution is 2.27. The van der Waals surface area contributed by atoms with Gasteiger partial charge in [0.1, 0.15) is 12.4 Å². The molecule has 1 aliphatic heterocycles. The number of likely N-dealkylation sites (tertiary alicyclic amines) is 1. The number of thioether (sulfide) groups is 1. The average Bonchev–Trinajstić information content (AvgIpc) is 2.79. The summed E-state index contributed by atoms with van der Waals surface area (Å²) >= 11 is 1.45. The lowest BCUT2D eigenvalue weighted by molar-refractivity contribution is 0.0693. The fourth-order valence-corrected chi connectivity index (χ4v) is 5.31. The van der Waals surface area contributed by atoms with E-state index in [2.05, 4.69) is 11.6 Å². The van der Waals surface area contributed by atoms with Gasteiger partial charge in [0.25, 0.3) is 5.91 Å². The highest BCUT2D eigenvalue weighted by molar-refractivity contribution is 7.98. The van der Waals surface area contributed by atoms with Gasteiger partial charge in [-0.05, 0) is 74.3 Å². The Labute approximate surface area is 195 Å². The predicted octanol–water partition coefficient (Wildman–Crippen LogP) is 4.25. The third-order valence-electron chi connectivity index (χ3n) is 5.99. The number of rotatable bonds is 8. The standard InChI is InChI=1S/C24H32N2O4S2/c1-17-10-13-26(14-11-17)24(27)21-16-20(8-9-23(21)31-4)32(28,29)25-12-15-30-22-7-5-6-18(2)19(22)3/h5-9,16-17,25H,10-15H2,1-4H3. The van der Waals surface area contributed by atoms with Crippen molar-refractivity contribution in [2.75, 3.05) is 32.5 Å². The summed E-state index contributed by atoms with van der Waals surface area (Å²) in [5.74, 6) is 1.26. The van der Waals surface area contributed by atoms with E-state index in [4.69, 9.17) is 4.74 Å². The average molecular weight is 477 g/mol. The molecule has 1 N–H and O–H groups in total. The number of ether oxygens (including phenoxy) is 1. The van der Waals surface area contributed by atoms with Gasteiger partial charge in [-0.25, -0.2) is 13.1 Å². The fourth-order valence-electron chi connectivity index (χ4n) is 3.70. The summed E-state index contributed by atoms with van der Waals surface area (Å²) in [5, 5.41) is 0. The van der Waals surface area contributed by atoms with Crippen LogP contribution in [0.15, 0.2) is 46.2 Å². The Kier molecular flexibility index (Phi) is 8.25. The summed E-state index contributed by atoms with van der Waals surface area (Å²) in [7, 11) is -3.76. The van der Waals surface area contributed by atoms with E-state index in [-0.39, 0.29) is 24.0 Å². The molecule has 174 valence electrons. The number of carbonyl (C=O) groups is 1. The molecular formula is C24H32N2O4S2. The molecule has 0 aliphatic carbocycles. The lowest BCUT2D eigenvalue weighted by atomic mass is 9.98. The van der Waals surface area contributed by atoms with Crippen LogP contribution in [-0.2, 0) is 10.0 Å². The maximum Gasteiger partial charge on any atom is 0.255 e. The Morgan fingerprint density at radius 1 is 1.19 bits per heavy atom. The van der Waals surface area contributed by atoms with Gasteiger partial charge < -0.3 is 9.64 Å². The number of nitrogens with zero attached hydrogens (tertiary/aromatic N) is 1. The van der Waals surface area contributed by atoms with Gasteiger partial charge in [0.2, 0.25) is 10.0 Å². The Morgan fingerprint density at radius 3 is 2.59 bits per heavy atom. The van der Waals surface area contributed by atoms with E-state index in [9.17, 15) is 13.2 Å². The van der Waals surface area contributed by atoms with Gasteiger partial charge in [-0.15, -0.1) is 11.8 Å². The van der Waals surface area contributed by atoms with Gasteiger partial charge in [0, 0.05) is 24.5 Å². The molecule has 8 heteroatoms. The largest absolute Gasteiger partial charge is 0.492 e. The summed E-state index contributed by atoms with van der Waals surface area (Å²) in [5.41, 5.74) is 2.61. The zero-order chi connectivity index (χ0) is 23.3. The molecule has 2 aromatic rings. The molecule has 2 aromatic carbocycles. The predicted molar refractivity (Wildman–Crippen MR) is 129 cm³/mol. The molecular weight excluding hydrogens is 444 g/mol. The van der Waals surface area contributed by atoms with Gasteiger partial charge in [0.05, 0.1) is 10.5 Å². The van der Waals surface area contributed by atoms with E-state index in [1.165, 1.54) is 17.8 Å². The van der Waals surface area contributed by atoms with Crippen LogP contribution in [0.5, 0.6) is 5.75 Å². The second-order valence-corrected chi connectivity index (χ2v) is 10.9. The van der Waals surface area contributed by atoms with Crippen LogP contribution in [0.1, 0.15) is 41.3 Å². The van der Waals surface area contributed by atoms with E-state index in [1.54, 1.807) is 12.1 Å². The van der Waals surface area contributed by atoms with Crippen molar-refractivity contribution in [3.8, 4) is 5.75 Å². The van der Waals surface area contributed by atoms with Gasteiger partial charge in [0.15, 0.2) is 0 Å². The lowest BCUT2D eigenvalue weighted by Crippen LogP contribution is -2.38. The van der Waals surface area contributed by atoms with Gasteiger partial charge in [-0.3, -0.25) is 4.79 Å². The molecule has 0 unspecified atom stereocenters. The minimum atomic E-state index is -3.76. The topological polar surface area (TPSA) is 75.7 Å². The highest BCUT2D eigenvalue weighted by Gasteiger charge is 2.25. The van der Waals surface area contributed by atoms with Crippen LogP contribution in [0.25, 0.3) is 0 Å². The SMILES string of the molecule is CSc1ccc(S(=O)(=O)NCCOc2cccc(C)c2C)cc1C(=O)N1CCC(C)CC1. The molecule has 32 heavy (non-hydrogen) atoms. The molecule has 1 saturated heterocycles. The van der Waals surface area contributed by atoms with Crippen LogP contribution in [0.2, 0.25) is 0 Å². The molecule has 1 heterocycles. The van der Waals surface area contributed by atoms with E-state index in [1.807, 2.05) is 43.2 Å². The number of piperidine rings is 1. The number of benzene rings is 2. The molecule has 1 aliphatic rings. The maximum atomic E-state index is 13.1. The first-order valence-corrected chi connectivity index (χ1v) is 13.6. The zero-order valence-corrected chi connectivity index (χ0v) is 20.8. The fraction of sp³-hybridized carbons (Fsp3) is 0.458. The smallest absolute Gasteiger partial charge is 0.255 e. The third kappa shape index (κ3) is 5.85. The Balaban J connectivity index is 1.68. The molecule has 0 aromatic heterocycles. The first kappa shape index (κ1) is 24.6. The van der Waals surface area contributed by atoms with Crippen LogP contribution in [0.4, 0.5) is 0 Å². The van der Waals surface area contributed by atoms with Crippen LogP contribution in [-0.4, -0.2) is 51.7 Å². The maximum absolute atomic E-state index is 13.1. The molecule has 6 nitrogen and oxygen atoms in total. The molecule has 0 bridgehead atoms. The van der Waals surface area contributed by atoms with Gasteiger partial charge in [-0.2, -0.15) is 0 Å². The number of nitrogens with one attached hydrogen (secondary N) is 1. The van der Waals surface area contributed by atoms with Crippen LogP contribution in [0, 0.1) is 19.8 Å². The number of carbonyl (C=O) groups excluding carboxylic acids is 1. The molecule has 0 saturated carbocycles. The lowest BCUT2D eigenvalue weighted by Gasteiger charge is -2.30. The molecule has 0 spiro atoms. The first-order chi connectivity index (χ1) is 15.2. The molecule has 3 rings (SSSR count). The quantitative estimate of drug-likeness (QED) is 0.455. The molecule has 1 fully saturated rings. The van der Waals surface area contributed by atoms with E-state index < -0.39 is 10.0 Å². The van der Waals surface area contributed by atoms with Crippen molar-refractivity contribution in [1.82, 2.24) is 9.62 Å². The Bertz CT molecular complexity index is 1060. The minimum absolute atomic E-state index is 0.0933. The van der Waals surface area contributed by atoms with Crippen LogP contribution >= 0.6 is 11.8 Å². The number of aryl methyl sites for hydroxylation is 1. The Hall–Kier alpha value is -2.03. The van der Waals surface area contributed by atoms with Gasteiger partial charge in [-0.1, -0.05) is 19.1 Å². The number of sulfonamides is 1. The number of hydrogen-bond donors (Lipinski definition) is 1. The van der Waals surface area contributed by atoms with E-state index in [0.29, 0.717) is 24.6 Å². The summed E-state index contributed by atoms with van der Waals surface area (Å²) in [4.78, 5) is 15.8. The van der Waals surface area contributed by atoms with Crippen molar-refractivity contribution in [3.63, 3.8) is 0 Å². The zero-order valence-electron chi connectivity index (χ0n) is 19.2. The summed E-state index contributed by atoms with van der Waals surface area (Å²) in [6.07, 6.45) is 3.84. The Morgan fingerprint density at radius 2 is 1.91 bits per heavy atom. The first-order valence-electron chi connectivity index (χ1n) is 10.9. The van der Waals surface area contributed by atoms with Crippen LogP contribution < -0.4 is 9.46 Å². The molecule has 0 atom stereocenters. The van der Waals surface area contributed by atoms with Gasteiger partial charge >= 0.3 is 0 Å². The molecule has 0 radical (unpaired) electrons. The minimum Gasteiger partial charge on any atom is -0.492 e. The monoisotopic (exact) mass is 476 g/mol. The van der Waals surface area contributed by atoms with Crippen LogP contribution in [0.3, 0.4) is 0 Å². The highest BCUT2D eigenvalue weighted by atomic mass is 32.2. The van der Waals surface area contributed by atoms with Crippen molar-refractivity contribution in [1.29, 1.82) is 0 Å². The van der Waals surface area contributed by atoms with Crippen molar-refractivity contribution >= 4 is 27.7 Å². The van der Waals surface area contributed by atoms with Crippen molar-refractivity contribution < 1.29 is 17.9 Å². The van der Waals surface area contributed by atoms with Crippen molar-refractivity contribution in [2.24, 2.45) is 5.92 Å². The third-order valence-corrected chi connectivity index (χ3v) is 8.24. The molecule has 1 amide bonds. The number of amides is 1. The van der Waals surface area contributed by atoms with E-state index in [0.717, 1.165) is 34.6 Å². The summed E-state index contributed by atoms with van der Waals surface area (Å²) < 4.78 is 34.0. The number of hydrogen-bond acceptors (Lipinski definition) is 5. The second kappa shape index (κ2) is 10.7. The summed E-state index contributed by atoms with van der Waals surface area (Å²) in [6, 6.07) is 10.6. The second-order valence-electron chi connectivity index (χ2n) is 8.28. The normalized spacial score (nSPS) is 15.1.